The van der Waals surface area contributed by atoms with Crippen molar-refractivity contribution >= 4 is 11.3 Å². The van der Waals surface area contributed by atoms with Crippen LogP contribution in [0.25, 0.3) is 0 Å². The summed E-state index contributed by atoms with van der Waals surface area (Å²) in [4.78, 5) is 6.90. The van der Waals surface area contributed by atoms with Gasteiger partial charge in [-0.3, -0.25) is 0 Å². The van der Waals surface area contributed by atoms with Crippen LogP contribution in [0, 0.1) is 5.92 Å². The van der Waals surface area contributed by atoms with E-state index in [4.69, 9.17) is 0 Å². The predicted molar refractivity (Wildman–Crippen MR) is 78.1 cm³/mol. The van der Waals surface area contributed by atoms with Crippen LogP contribution in [0.15, 0.2) is 10.9 Å². The van der Waals surface area contributed by atoms with Gasteiger partial charge in [0.25, 0.3) is 0 Å². The number of rotatable bonds is 6. The van der Waals surface area contributed by atoms with Gasteiger partial charge in [-0.25, -0.2) is 4.98 Å². The maximum absolute atomic E-state index is 4.32. The number of nitrogens with one attached hydrogen (secondary N) is 1. The second-order valence-electron chi connectivity index (χ2n) is 5.27. The molecule has 0 amide bonds. The highest BCUT2D eigenvalue weighted by molar-refractivity contribution is 7.07. The van der Waals surface area contributed by atoms with Crippen molar-refractivity contribution in [1.82, 2.24) is 15.2 Å². The Hall–Kier alpha value is -0.450. The van der Waals surface area contributed by atoms with Crippen molar-refractivity contribution < 1.29 is 0 Å². The van der Waals surface area contributed by atoms with Crippen molar-refractivity contribution in [2.45, 2.75) is 39.2 Å². The third-order valence-electron chi connectivity index (χ3n) is 4.03. The van der Waals surface area contributed by atoms with E-state index in [1.165, 1.54) is 38.2 Å². The van der Waals surface area contributed by atoms with Crippen molar-refractivity contribution in [2.75, 3.05) is 26.2 Å². The fourth-order valence-corrected chi connectivity index (χ4v) is 3.34. The molecule has 18 heavy (non-hydrogen) atoms. The molecular weight excluding hydrogens is 242 g/mol. The highest BCUT2D eigenvalue weighted by atomic mass is 32.1. The summed E-state index contributed by atoms with van der Waals surface area (Å²) in [5, 5.41) is 5.82. The van der Waals surface area contributed by atoms with Crippen molar-refractivity contribution in [3.8, 4) is 0 Å². The normalized spacial score (nSPS) is 23.1. The summed E-state index contributed by atoms with van der Waals surface area (Å²) < 4.78 is 0. The summed E-state index contributed by atoms with van der Waals surface area (Å²) in [6.07, 6.45) is 3.79. The molecule has 2 unspecified atom stereocenters. The molecule has 1 aromatic rings. The molecule has 0 aliphatic carbocycles. The Kier molecular flexibility index (Phi) is 5.60. The highest BCUT2D eigenvalue weighted by Gasteiger charge is 2.23. The molecule has 0 aromatic carbocycles. The van der Waals surface area contributed by atoms with E-state index in [2.05, 4.69) is 34.4 Å². The smallest absolute Gasteiger partial charge is 0.0794 e. The van der Waals surface area contributed by atoms with Crippen LogP contribution in [-0.4, -0.2) is 42.1 Å². The minimum atomic E-state index is 0.623. The molecule has 2 heterocycles. The van der Waals surface area contributed by atoms with Crippen LogP contribution in [0.2, 0.25) is 0 Å². The van der Waals surface area contributed by atoms with Crippen LogP contribution < -0.4 is 5.32 Å². The second kappa shape index (κ2) is 7.22. The summed E-state index contributed by atoms with van der Waals surface area (Å²) in [7, 11) is 0. The number of likely N-dealkylation sites (tertiary alicyclic amines) is 1. The Morgan fingerprint density at radius 3 is 3.22 bits per heavy atom. The van der Waals surface area contributed by atoms with E-state index in [0.29, 0.717) is 6.04 Å². The Morgan fingerprint density at radius 1 is 1.61 bits per heavy atom. The van der Waals surface area contributed by atoms with E-state index in [0.717, 1.165) is 18.9 Å². The van der Waals surface area contributed by atoms with Crippen LogP contribution in [0.1, 0.15) is 32.4 Å². The van der Waals surface area contributed by atoms with Crippen LogP contribution in [0.3, 0.4) is 0 Å². The van der Waals surface area contributed by atoms with Gasteiger partial charge >= 0.3 is 0 Å². The lowest BCUT2D eigenvalue weighted by atomic mass is 9.91. The standard InChI is InChI=1S/C14H25N3S/c1-3-17-8-4-5-13(9-17)12(2)15-7-6-14-10-18-11-16-14/h10-13,15H,3-9H2,1-2H3. The zero-order valence-electron chi connectivity index (χ0n) is 11.6. The molecule has 4 heteroatoms. The molecule has 1 saturated heterocycles. The molecule has 1 N–H and O–H groups in total. The maximum Gasteiger partial charge on any atom is 0.0794 e. The average molecular weight is 267 g/mol. The first kappa shape index (κ1) is 14.0. The molecule has 1 fully saturated rings. The van der Waals surface area contributed by atoms with E-state index in [9.17, 15) is 0 Å². The maximum atomic E-state index is 4.32. The topological polar surface area (TPSA) is 28.2 Å². The van der Waals surface area contributed by atoms with Crippen LogP contribution in [-0.2, 0) is 6.42 Å². The van der Waals surface area contributed by atoms with Gasteiger partial charge in [0.15, 0.2) is 0 Å². The van der Waals surface area contributed by atoms with Crippen molar-refractivity contribution in [3.05, 3.63) is 16.6 Å². The van der Waals surface area contributed by atoms with E-state index < -0.39 is 0 Å². The zero-order chi connectivity index (χ0) is 12.8. The fourth-order valence-electron chi connectivity index (χ4n) is 2.74. The minimum absolute atomic E-state index is 0.623. The first-order valence-corrected chi connectivity index (χ1v) is 8.06. The first-order valence-electron chi connectivity index (χ1n) is 7.12. The monoisotopic (exact) mass is 267 g/mol. The SMILES string of the molecule is CCN1CCCC(C(C)NCCc2cscn2)C1. The first-order chi connectivity index (χ1) is 8.79. The molecule has 102 valence electrons. The molecule has 1 aliphatic rings. The number of piperidine rings is 1. The Bertz CT molecular complexity index is 326. The lowest BCUT2D eigenvalue weighted by Gasteiger charge is -2.35. The number of aromatic nitrogens is 1. The van der Waals surface area contributed by atoms with Gasteiger partial charge in [0.1, 0.15) is 0 Å². The van der Waals surface area contributed by atoms with Gasteiger partial charge in [-0.1, -0.05) is 6.92 Å². The summed E-state index contributed by atoms with van der Waals surface area (Å²) >= 11 is 1.68. The second-order valence-corrected chi connectivity index (χ2v) is 5.99. The molecule has 0 spiro atoms. The average Bonchev–Trinajstić information content (AvgIpc) is 2.92. The Balaban J connectivity index is 1.68. The summed E-state index contributed by atoms with van der Waals surface area (Å²) in [6.45, 7) is 9.41. The quantitative estimate of drug-likeness (QED) is 0.858. The fraction of sp³-hybridized carbons (Fsp3) is 0.786. The van der Waals surface area contributed by atoms with Crippen LogP contribution in [0.5, 0.6) is 0 Å². The van der Waals surface area contributed by atoms with Gasteiger partial charge in [0, 0.05) is 30.9 Å². The molecule has 2 rings (SSSR count). The minimum Gasteiger partial charge on any atom is -0.314 e. The number of hydrogen-bond acceptors (Lipinski definition) is 4. The number of thiazole rings is 1. The molecule has 0 saturated carbocycles. The van der Waals surface area contributed by atoms with Gasteiger partial charge < -0.3 is 10.2 Å². The number of nitrogens with zero attached hydrogens (tertiary/aromatic N) is 2. The van der Waals surface area contributed by atoms with Crippen molar-refractivity contribution in [1.29, 1.82) is 0 Å². The molecule has 0 radical (unpaired) electrons. The molecule has 3 nitrogen and oxygen atoms in total. The Labute approximate surface area is 115 Å². The summed E-state index contributed by atoms with van der Waals surface area (Å²) in [5.41, 5.74) is 3.14. The van der Waals surface area contributed by atoms with E-state index in [1.807, 2.05) is 5.51 Å². The van der Waals surface area contributed by atoms with E-state index in [1.54, 1.807) is 11.3 Å². The van der Waals surface area contributed by atoms with Gasteiger partial charge in [-0.15, -0.1) is 11.3 Å². The van der Waals surface area contributed by atoms with Gasteiger partial charge in [0.05, 0.1) is 11.2 Å². The lowest BCUT2D eigenvalue weighted by molar-refractivity contribution is 0.157. The van der Waals surface area contributed by atoms with E-state index >= 15 is 0 Å². The zero-order valence-corrected chi connectivity index (χ0v) is 12.4. The molecular formula is C14H25N3S. The third-order valence-corrected chi connectivity index (χ3v) is 4.66. The van der Waals surface area contributed by atoms with Crippen LogP contribution in [0.4, 0.5) is 0 Å². The van der Waals surface area contributed by atoms with E-state index in [-0.39, 0.29) is 0 Å². The summed E-state index contributed by atoms with van der Waals surface area (Å²) in [5.74, 6) is 0.814. The van der Waals surface area contributed by atoms with Gasteiger partial charge in [0.2, 0.25) is 0 Å². The van der Waals surface area contributed by atoms with Crippen molar-refractivity contribution in [2.24, 2.45) is 5.92 Å². The predicted octanol–water partition coefficient (Wildman–Crippen LogP) is 2.40. The number of hydrogen-bond donors (Lipinski definition) is 1. The summed E-state index contributed by atoms with van der Waals surface area (Å²) in [6, 6.07) is 0.623. The van der Waals surface area contributed by atoms with Crippen molar-refractivity contribution in [3.63, 3.8) is 0 Å². The molecule has 0 bridgehead atoms. The molecule has 2 atom stereocenters. The van der Waals surface area contributed by atoms with Gasteiger partial charge in [-0.2, -0.15) is 0 Å². The Morgan fingerprint density at radius 2 is 2.50 bits per heavy atom. The molecule has 1 aliphatic heterocycles. The third kappa shape index (κ3) is 4.04. The highest BCUT2D eigenvalue weighted by Crippen LogP contribution is 2.19. The van der Waals surface area contributed by atoms with Crippen LogP contribution >= 0.6 is 11.3 Å². The lowest BCUT2D eigenvalue weighted by Crippen LogP contribution is -2.44. The largest absolute Gasteiger partial charge is 0.314 e. The molecule has 1 aromatic heterocycles. The van der Waals surface area contributed by atoms with Gasteiger partial charge in [-0.05, 0) is 38.8 Å².